The minimum atomic E-state index is -4.20. The normalized spacial score (nSPS) is 12.4. The molecule has 0 radical (unpaired) electrons. The van der Waals surface area contributed by atoms with Gasteiger partial charge in [0.25, 0.3) is 0 Å². The minimum Gasteiger partial charge on any atom is -0.356 e. The van der Waals surface area contributed by atoms with Gasteiger partial charge >= 0.3 is 6.18 Å². The van der Waals surface area contributed by atoms with E-state index in [0.29, 0.717) is 18.0 Å². The zero-order valence-electron chi connectivity index (χ0n) is 11.4. The molecule has 8 heteroatoms. The number of alkyl halides is 3. The first-order valence-electron chi connectivity index (χ1n) is 6.27. The molecule has 1 rings (SSSR count). The molecule has 0 saturated carbocycles. The van der Waals surface area contributed by atoms with E-state index in [4.69, 9.17) is 11.6 Å². The number of hydrogen-bond donors (Lipinski definition) is 2. The second-order valence-corrected chi connectivity index (χ2v) is 4.68. The topological polar surface area (TPSA) is 36.4 Å². The van der Waals surface area contributed by atoms with Crippen molar-refractivity contribution in [3.05, 3.63) is 34.6 Å². The Hall–Kier alpha value is -1.50. The van der Waals surface area contributed by atoms with Crippen molar-refractivity contribution in [2.24, 2.45) is 4.99 Å². The highest BCUT2D eigenvalue weighted by atomic mass is 35.5. The molecule has 0 aliphatic carbocycles. The predicted octanol–water partition coefficient (Wildman–Crippen LogP) is 3.14. The van der Waals surface area contributed by atoms with Gasteiger partial charge in [0.1, 0.15) is 5.82 Å². The Morgan fingerprint density at radius 1 is 1.24 bits per heavy atom. The molecule has 0 spiro atoms. The Labute approximate surface area is 125 Å². The van der Waals surface area contributed by atoms with Gasteiger partial charge in [-0.1, -0.05) is 17.7 Å². The lowest BCUT2D eigenvalue weighted by Gasteiger charge is -2.13. The van der Waals surface area contributed by atoms with Crippen LogP contribution in [0.4, 0.5) is 17.6 Å². The van der Waals surface area contributed by atoms with Crippen LogP contribution in [-0.2, 0) is 6.42 Å². The van der Waals surface area contributed by atoms with Crippen molar-refractivity contribution in [1.29, 1.82) is 0 Å². The molecule has 3 nitrogen and oxygen atoms in total. The van der Waals surface area contributed by atoms with Gasteiger partial charge in [-0.3, -0.25) is 4.99 Å². The number of benzene rings is 1. The molecule has 1 aromatic rings. The van der Waals surface area contributed by atoms with Gasteiger partial charge in [-0.05, 0) is 24.1 Å². The van der Waals surface area contributed by atoms with E-state index in [0.717, 1.165) is 5.56 Å². The summed E-state index contributed by atoms with van der Waals surface area (Å²) in [5.74, 6) is -0.140. The Balaban J connectivity index is 2.35. The molecule has 0 atom stereocenters. The van der Waals surface area contributed by atoms with E-state index in [2.05, 4.69) is 15.6 Å². The van der Waals surface area contributed by atoms with Crippen molar-refractivity contribution in [1.82, 2.24) is 10.6 Å². The highest BCUT2D eigenvalue weighted by molar-refractivity contribution is 6.31. The first-order chi connectivity index (χ1) is 9.81. The third kappa shape index (κ3) is 7.17. The fourth-order valence-electron chi connectivity index (χ4n) is 1.58. The van der Waals surface area contributed by atoms with Gasteiger partial charge in [0, 0.05) is 25.2 Å². The zero-order valence-corrected chi connectivity index (χ0v) is 12.2. The zero-order chi connectivity index (χ0) is 15.9. The molecule has 21 heavy (non-hydrogen) atoms. The van der Waals surface area contributed by atoms with Crippen LogP contribution in [0, 0.1) is 5.82 Å². The van der Waals surface area contributed by atoms with Crippen molar-refractivity contribution in [2.45, 2.75) is 19.0 Å². The number of aliphatic imine (C=N–C) groups is 1. The fourth-order valence-corrected chi connectivity index (χ4v) is 1.84. The first-order valence-corrected chi connectivity index (χ1v) is 6.65. The van der Waals surface area contributed by atoms with E-state index in [-0.39, 0.29) is 12.5 Å². The quantitative estimate of drug-likeness (QED) is 0.496. The summed E-state index contributed by atoms with van der Waals surface area (Å²) in [7, 11) is 1.47. The number of rotatable bonds is 5. The van der Waals surface area contributed by atoms with E-state index in [9.17, 15) is 17.6 Å². The third-order valence-corrected chi connectivity index (χ3v) is 2.98. The lowest BCUT2D eigenvalue weighted by atomic mass is 10.1. The van der Waals surface area contributed by atoms with Crippen molar-refractivity contribution in [3.63, 3.8) is 0 Å². The maximum atomic E-state index is 12.9. The summed E-state index contributed by atoms with van der Waals surface area (Å²) in [5, 5.41) is 5.74. The van der Waals surface area contributed by atoms with Crippen LogP contribution in [0.5, 0.6) is 0 Å². The van der Waals surface area contributed by atoms with Crippen LogP contribution >= 0.6 is 11.6 Å². The van der Waals surface area contributed by atoms with E-state index < -0.39 is 18.4 Å². The van der Waals surface area contributed by atoms with Gasteiger partial charge in [0.15, 0.2) is 5.96 Å². The van der Waals surface area contributed by atoms with Crippen molar-refractivity contribution in [3.8, 4) is 0 Å². The molecule has 0 aromatic heterocycles. The molecule has 0 fully saturated rings. The van der Waals surface area contributed by atoms with Crippen molar-refractivity contribution in [2.75, 3.05) is 20.1 Å². The second kappa shape index (κ2) is 8.07. The molecule has 0 saturated heterocycles. The summed E-state index contributed by atoms with van der Waals surface area (Å²) >= 11 is 5.87. The second-order valence-electron chi connectivity index (χ2n) is 4.28. The van der Waals surface area contributed by atoms with Crippen LogP contribution in [0.2, 0.25) is 5.02 Å². The number of hydrogen-bond acceptors (Lipinski definition) is 1. The molecule has 2 N–H and O–H groups in total. The monoisotopic (exact) mass is 325 g/mol. The summed E-state index contributed by atoms with van der Waals surface area (Å²) in [4.78, 5) is 3.81. The van der Waals surface area contributed by atoms with Crippen LogP contribution in [-0.4, -0.2) is 32.3 Å². The summed E-state index contributed by atoms with van der Waals surface area (Å²) in [6, 6.07) is 4.09. The van der Waals surface area contributed by atoms with Gasteiger partial charge in [-0.15, -0.1) is 0 Å². The Morgan fingerprint density at radius 2 is 1.90 bits per heavy atom. The highest BCUT2D eigenvalue weighted by Gasteiger charge is 2.26. The fraction of sp³-hybridized carbons (Fsp3) is 0.462. The summed E-state index contributed by atoms with van der Waals surface area (Å²) in [5.41, 5.74) is 0.747. The number of nitrogens with one attached hydrogen (secondary N) is 2. The maximum Gasteiger partial charge on any atom is 0.390 e. The van der Waals surface area contributed by atoms with Gasteiger partial charge in [-0.2, -0.15) is 13.2 Å². The first kappa shape index (κ1) is 17.6. The Kier molecular flexibility index (Phi) is 6.74. The van der Waals surface area contributed by atoms with E-state index >= 15 is 0 Å². The van der Waals surface area contributed by atoms with Crippen molar-refractivity contribution >= 4 is 17.6 Å². The van der Waals surface area contributed by atoms with Crippen LogP contribution < -0.4 is 10.6 Å². The third-order valence-electron chi connectivity index (χ3n) is 2.63. The van der Waals surface area contributed by atoms with Gasteiger partial charge < -0.3 is 10.6 Å². The Morgan fingerprint density at radius 3 is 2.48 bits per heavy atom. The lowest BCUT2D eigenvalue weighted by Crippen LogP contribution is -2.39. The van der Waals surface area contributed by atoms with Crippen LogP contribution in [0.25, 0.3) is 0 Å². The number of guanidine groups is 1. The van der Waals surface area contributed by atoms with Crippen LogP contribution in [0.3, 0.4) is 0 Å². The van der Waals surface area contributed by atoms with Crippen LogP contribution in [0.1, 0.15) is 12.0 Å². The highest BCUT2D eigenvalue weighted by Crippen LogP contribution is 2.18. The molecule has 0 amide bonds. The van der Waals surface area contributed by atoms with E-state index in [1.165, 1.54) is 19.2 Å². The maximum absolute atomic E-state index is 12.9. The average Bonchev–Trinajstić information content (AvgIpc) is 2.38. The number of halogens is 5. The lowest BCUT2D eigenvalue weighted by molar-refractivity contribution is -0.132. The van der Waals surface area contributed by atoms with Gasteiger partial charge in [-0.25, -0.2) is 4.39 Å². The predicted molar refractivity (Wildman–Crippen MR) is 75.2 cm³/mol. The largest absolute Gasteiger partial charge is 0.390 e. The van der Waals surface area contributed by atoms with Crippen LogP contribution in [0.15, 0.2) is 23.2 Å². The summed E-state index contributed by atoms with van der Waals surface area (Å²) < 4.78 is 48.9. The molecular weight excluding hydrogens is 310 g/mol. The summed E-state index contributed by atoms with van der Waals surface area (Å²) in [6.07, 6.45) is -4.63. The summed E-state index contributed by atoms with van der Waals surface area (Å²) in [6.45, 7) is 0.164. The SMILES string of the molecule is CN=C(NCCc1ccc(F)cc1Cl)NCCC(F)(F)F. The molecular formula is C13H16ClF4N3. The molecule has 0 aliphatic rings. The van der Waals surface area contributed by atoms with Gasteiger partial charge in [0.05, 0.1) is 6.42 Å². The van der Waals surface area contributed by atoms with Gasteiger partial charge in [0.2, 0.25) is 0 Å². The molecule has 0 aliphatic heterocycles. The van der Waals surface area contributed by atoms with E-state index in [1.54, 1.807) is 6.07 Å². The molecule has 0 heterocycles. The molecule has 0 unspecified atom stereocenters. The molecule has 1 aromatic carbocycles. The molecule has 0 bridgehead atoms. The number of nitrogens with zero attached hydrogens (tertiary/aromatic N) is 1. The van der Waals surface area contributed by atoms with E-state index in [1.807, 2.05) is 0 Å². The minimum absolute atomic E-state index is 0.250. The Bertz CT molecular complexity index is 489. The average molecular weight is 326 g/mol. The smallest absolute Gasteiger partial charge is 0.356 e. The standard InChI is InChI=1S/C13H16ClF4N3/c1-19-12(21-7-5-13(16,17)18)20-6-4-9-2-3-10(15)8-11(9)14/h2-3,8H,4-7H2,1H3,(H2,19,20,21). The van der Waals surface area contributed by atoms with Crippen molar-refractivity contribution < 1.29 is 17.6 Å². The molecule has 118 valence electrons.